The Bertz CT molecular complexity index is 564. The molecule has 124 valence electrons. The van der Waals surface area contributed by atoms with Crippen LogP contribution in [0.2, 0.25) is 0 Å². The molecule has 4 aliphatic rings. The van der Waals surface area contributed by atoms with Crippen LogP contribution in [0.1, 0.15) is 54.7 Å². The Balaban J connectivity index is 1.40. The number of aromatic nitrogens is 2. The van der Waals surface area contributed by atoms with Gasteiger partial charge >= 0.3 is 5.97 Å². The third-order valence-electron chi connectivity index (χ3n) is 6.13. The normalized spacial score (nSPS) is 35.0. The number of carbonyl (C=O) groups is 1. The van der Waals surface area contributed by atoms with Gasteiger partial charge in [-0.25, -0.2) is 9.78 Å². The van der Waals surface area contributed by atoms with E-state index in [1.807, 2.05) is 0 Å². The first-order valence-corrected chi connectivity index (χ1v) is 8.74. The second kappa shape index (κ2) is 5.55. The van der Waals surface area contributed by atoms with Gasteiger partial charge in [0.2, 0.25) is 0 Å². The maximum Gasteiger partial charge on any atom is 0.356 e. The Hall–Kier alpha value is -1.49. The predicted octanol–water partition coefficient (Wildman–Crippen LogP) is 2.82. The number of hydrogen-bond acceptors (Lipinski definition) is 4. The molecule has 0 saturated heterocycles. The minimum absolute atomic E-state index is 0.0116. The molecule has 0 atom stereocenters. The smallest absolute Gasteiger partial charge is 0.356 e. The van der Waals surface area contributed by atoms with Crippen LogP contribution in [0, 0.1) is 23.2 Å². The van der Waals surface area contributed by atoms with Crippen molar-refractivity contribution in [2.75, 3.05) is 13.6 Å². The molecule has 1 aromatic heterocycles. The van der Waals surface area contributed by atoms with E-state index in [-0.39, 0.29) is 5.69 Å². The Morgan fingerprint density at radius 3 is 2.26 bits per heavy atom. The predicted molar refractivity (Wildman–Crippen MR) is 85.9 cm³/mol. The maximum absolute atomic E-state index is 10.8. The molecule has 0 unspecified atom stereocenters. The summed E-state index contributed by atoms with van der Waals surface area (Å²) in [7, 11) is 2.16. The number of hydrogen-bond donors (Lipinski definition) is 1. The van der Waals surface area contributed by atoms with Gasteiger partial charge in [0.25, 0.3) is 0 Å². The van der Waals surface area contributed by atoms with Crippen LogP contribution in [-0.4, -0.2) is 39.5 Å². The van der Waals surface area contributed by atoms with Crippen molar-refractivity contribution in [3.05, 3.63) is 23.8 Å². The van der Waals surface area contributed by atoms with Crippen molar-refractivity contribution in [2.45, 2.75) is 45.1 Å². The molecule has 5 rings (SSSR count). The molecule has 0 aromatic carbocycles. The number of carboxylic acids is 1. The molecule has 1 aromatic rings. The lowest BCUT2D eigenvalue weighted by atomic mass is 9.49. The molecule has 0 aliphatic heterocycles. The second-order valence-corrected chi connectivity index (χ2v) is 8.29. The number of aromatic carboxylic acids is 1. The zero-order valence-electron chi connectivity index (χ0n) is 13.7. The van der Waals surface area contributed by atoms with E-state index in [2.05, 4.69) is 21.9 Å². The summed E-state index contributed by atoms with van der Waals surface area (Å²) >= 11 is 0. The third kappa shape index (κ3) is 2.99. The van der Waals surface area contributed by atoms with Crippen molar-refractivity contribution >= 4 is 5.97 Å². The van der Waals surface area contributed by atoms with Crippen LogP contribution < -0.4 is 0 Å². The Morgan fingerprint density at radius 2 is 1.78 bits per heavy atom. The van der Waals surface area contributed by atoms with Crippen LogP contribution in [0.25, 0.3) is 0 Å². The van der Waals surface area contributed by atoms with Crippen molar-refractivity contribution in [3.8, 4) is 0 Å². The fourth-order valence-electron chi connectivity index (χ4n) is 5.94. The molecule has 23 heavy (non-hydrogen) atoms. The summed E-state index contributed by atoms with van der Waals surface area (Å²) in [6, 6.07) is 0. The molecule has 4 aliphatic carbocycles. The van der Waals surface area contributed by atoms with Crippen LogP contribution in [0.3, 0.4) is 0 Å². The summed E-state index contributed by atoms with van der Waals surface area (Å²) in [4.78, 5) is 21.4. The number of carboxylic acid groups (broad SMARTS) is 1. The molecule has 5 nitrogen and oxygen atoms in total. The summed E-state index contributed by atoms with van der Waals surface area (Å²) < 4.78 is 0. The lowest BCUT2D eigenvalue weighted by molar-refractivity contribution is -0.0671. The minimum atomic E-state index is -1.02. The molecule has 4 fully saturated rings. The fourth-order valence-corrected chi connectivity index (χ4v) is 5.94. The first-order chi connectivity index (χ1) is 11.0. The van der Waals surface area contributed by atoms with E-state index < -0.39 is 5.97 Å². The molecule has 0 radical (unpaired) electrons. The summed E-state index contributed by atoms with van der Waals surface area (Å²) in [5.74, 6) is 1.91. The maximum atomic E-state index is 10.8. The van der Waals surface area contributed by atoms with E-state index in [4.69, 9.17) is 5.11 Å². The Labute approximate surface area is 137 Å². The largest absolute Gasteiger partial charge is 0.476 e. The standard InChI is InChI=1S/C18H25N3O2/c1-21(10-15-8-20-16(9-19-15)17(22)23)11-18-5-12-2-13(6-18)4-14(3-12)7-18/h8-9,12-14H,2-7,10-11H2,1H3,(H,22,23). The molecule has 4 bridgehead atoms. The minimum Gasteiger partial charge on any atom is -0.476 e. The monoisotopic (exact) mass is 315 g/mol. The van der Waals surface area contributed by atoms with Gasteiger partial charge < -0.3 is 5.11 Å². The van der Waals surface area contributed by atoms with Crippen molar-refractivity contribution in [1.29, 1.82) is 0 Å². The topological polar surface area (TPSA) is 66.3 Å². The van der Waals surface area contributed by atoms with Crippen molar-refractivity contribution < 1.29 is 9.90 Å². The van der Waals surface area contributed by atoms with Crippen LogP contribution >= 0.6 is 0 Å². The highest BCUT2D eigenvalue weighted by Gasteiger charge is 2.50. The second-order valence-electron chi connectivity index (χ2n) is 8.29. The summed E-state index contributed by atoms with van der Waals surface area (Å²) in [6.45, 7) is 1.88. The number of nitrogens with zero attached hydrogens (tertiary/aromatic N) is 3. The third-order valence-corrected chi connectivity index (χ3v) is 6.13. The van der Waals surface area contributed by atoms with E-state index in [1.54, 1.807) is 6.20 Å². The Kier molecular flexibility index (Phi) is 3.63. The molecule has 4 saturated carbocycles. The van der Waals surface area contributed by atoms with Gasteiger partial charge in [0.15, 0.2) is 5.69 Å². The average molecular weight is 315 g/mol. The van der Waals surface area contributed by atoms with Crippen LogP contribution in [0.5, 0.6) is 0 Å². The van der Waals surface area contributed by atoms with Gasteiger partial charge in [-0.2, -0.15) is 0 Å². The van der Waals surface area contributed by atoms with E-state index >= 15 is 0 Å². The van der Waals surface area contributed by atoms with Gasteiger partial charge in [-0.15, -0.1) is 0 Å². The fraction of sp³-hybridized carbons (Fsp3) is 0.722. The Morgan fingerprint density at radius 1 is 1.17 bits per heavy atom. The highest BCUT2D eigenvalue weighted by atomic mass is 16.4. The van der Waals surface area contributed by atoms with E-state index in [9.17, 15) is 4.79 Å². The van der Waals surface area contributed by atoms with Crippen molar-refractivity contribution in [1.82, 2.24) is 14.9 Å². The van der Waals surface area contributed by atoms with E-state index in [0.29, 0.717) is 5.41 Å². The van der Waals surface area contributed by atoms with Crippen LogP contribution in [0.15, 0.2) is 12.4 Å². The van der Waals surface area contributed by atoms with Crippen molar-refractivity contribution in [3.63, 3.8) is 0 Å². The van der Waals surface area contributed by atoms with E-state index in [1.165, 1.54) is 44.7 Å². The first kappa shape index (κ1) is 15.1. The molecule has 5 heteroatoms. The van der Waals surface area contributed by atoms with Crippen molar-refractivity contribution in [2.24, 2.45) is 23.2 Å². The first-order valence-electron chi connectivity index (χ1n) is 8.74. The highest BCUT2D eigenvalue weighted by Crippen LogP contribution is 2.60. The molecule has 0 amide bonds. The summed E-state index contributed by atoms with van der Waals surface area (Å²) in [6.07, 6.45) is 11.6. The van der Waals surface area contributed by atoms with Gasteiger partial charge in [-0.05, 0) is 68.7 Å². The molecular weight excluding hydrogens is 290 g/mol. The molecule has 1 N–H and O–H groups in total. The van der Waals surface area contributed by atoms with Gasteiger partial charge in [0.1, 0.15) is 0 Å². The molecular formula is C18H25N3O2. The van der Waals surface area contributed by atoms with Gasteiger partial charge in [-0.3, -0.25) is 9.88 Å². The SMILES string of the molecule is CN(Cc1cnc(C(=O)O)cn1)CC12CC3CC(CC(C3)C1)C2. The lowest BCUT2D eigenvalue weighted by Gasteiger charge is -2.57. The molecule has 0 spiro atoms. The average Bonchev–Trinajstić information content (AvgIpc) is 2.45. The van der Waals surface area contributed by atoms with Crippen LogP contribution in [0.4, 0.5) is 0 Å². The quantitative estimate of drug-likeness (QED) is 0.905. The number of rotatable bonds is 5. The van der Waals surface area contributed by atoms with Gasteiger partial charge in [0.05, 0.1) is 18.1 Å². The summed E-state index contributed by atoms with van der Waals surface area (Å²) in [5.41, 5.74) is 1.39. The zero-order valence-corrected chi connectivity index (χ0v) is 13.7. The zero-order chi connectivity index (χ0) is 16.0. The van der Waals surface area contributed by atoms with E-state index in [0.717, 1.165) is 36.5 Å². The molecule has 1 heterocycles. The van der Waals surface area contributed by atoms with Gasteiger partial charge in [0, 0.05) is 13.1 Å². The summed E-state index contributed by atoms with van der Waals surface area (Å²) in [5, 5.41) is 8.89. The lowest BCUT2D eigenvalue weighted by Crippen LogP contribution is -2.50. The van der Waals surface area contributed by atoms with Gasteiger partial charge in [-0.1, -0.05) is 0 Å². The van der Waals surface area contributed by atoms with Crippen LogP contribution in [-0.2, 0) is 6.54 Å². The highest BCUT2D eigenvalue weighted by molar-refractivity contribution is 5.84.